The Morgan fingerprint density at radius 1 is 1.21 bits per heavy atom. The number of benzene rings is 1. The SMILES string of the molecule is COc1ccc(C(=O)NCCS(=O)(=O)NC2CCCC2)c(OC)c1. The van der Waals surface area contributed by atoms with E-state index in [1.807, 2.05) is 0 Å². The minimum atomic E-state index is -3.39. The van der Waals surface area contributed by atoms with Gasteiger partial charge >= 0.3 is 0 Å². The summed E-state index contributed by atoms with van der Waals surface area (Å²) in [6, 6.07) is 4.87. The second-order valence-electron chi connectivity index (χ2n) is 5.74. The zero-order valence-corrected chi connectivity index (χ0v) is 14.8. The molecule has 1 aliphatic rings. The van der Waals surface area contributed by atoms with Crippen molar-refractivity contribution in [1.29, 1.82) is 0 Å². The van der Waals surface area contributed by atoms with Crippen molar-refractivity contribution >= 4 is 15.9 Å². The van der Waals surface area contributed by atoms with Crippen LogP contribution in [0.25, 0.3) is 0 Å². The number of methoxy groups -OCH3 is 2. The van der Waals surface area contributed by atoms with Crippen molar-refractivity contribution in [3.8, 4) is 11.5 Å². The van der Waals surface area contributed by atoms with Gasteiger partial charge in [0.2, 0.25) is 10.0 Å². The molecule has 0 saturated heterocycles. The van der Waals surface area contributed by atoms with Gasteiger partial charge in [-0.15, -0.1) is 0 Å². The van der Waals surface area contributed by atoms with Gasteiger partial charge in [0.1, 0.15) is 11.5 Å². The van der Waals surface area contributed by atoms with Crippen LogP contribution in [0.3, 0.4) is 0 Å². The van der Waals surface area contributed by atoms with Crippen molar-refractivity contribution in [3.63, 3.8) is 0 Å². The van der Waals surface area contributed by atoms with Crippen molar-refractivity contribution < 1.29 is 22.7 Å². The third-order valence-corrected chi connectivity index (χ3v) is 5.45. The number of sulfonamides is 1. The fourth-order valence-corrected chi connectivity index (χ4v) is 3.97. The molecule has 8 heteroatoms. The normalized spacial score (nSPS) is 15.2. The first kappa shape index (κ1) is 18.5. The molecule has 2 rings (SSSR count). The fraction of sp³-hybridized carbons (Fsp3) is 0.562. The topological polar surface area (TPSA) is 93.7 Å². The van der Waals surface area contributed by atoms with E-state index in [1.165, 1.54) is 14.2 Å². The number of ether oxygens (including phenoxy) is 2. The second-order valence-corrected chi connectivity index (χ2v) is 7.61. The Labute approximate surface area is 142 Å². The second kappa shape index (κ2) is 8.34. The Balaban J connectivity index is 1.88. The molecule has 1 saturated carbocycles. The van der Waals surface area contributed by atoms with Crippen LogP contribution in [-0.2, 0) is 10.0 Å². The fourth-order valence-electron chi connectivity index (χ4n) is 2.74. The number of hydrogen-bond donors (Lipinski definition) is 2. The summed E-state index contributed by atoms with van der Waals surface area (Å²) < 4.78 is 37.0. The zero-order valence-electron chi connectivity index (χ0n) is 14.0. The van der Waals surface area contributed by atoms with Crippen LogP contribution in [0, 0.1) is 0 Å². The van der Waals surface area contributed by atoms with Crippen molar-refractivity contribution in [1.82, 2.24) is 10.0 Å². The Morgan fingerprint density at radius 3 is 2.54 bits per heavy atom. The van der Waals surface area contributed by atoms with Crippen LogP contribution >= 0.6 is 0 Å². The number of amides is 1. The van der Waals surface area contributed by atoms with E-state index < -0.39 is 10.0 Å². The average molecular weight is 356 g/mol. The molecule has 1 fully saturated rings. The molecule has 0 spiro atoms. The lowest BCUT2D eigenvalue weighted by Crippen LogP contribution is -2.38. The number of rotatable bonds is 8. The molecule has 1 amide bonds. The third kappa shape index (κ3) is 5.10. The van der Waals surface area contributed by atoms with Gasteiger partial charge in [-0.2, -0.15) is 0 Å². The molecule has 0 unspecified atom stereocenters. The highest BCUT2D eigenvalue weighted by Crippen LogP contribution is 2.24. The van der Waals surface area contributed by atoms with Crippen LogP contribution in [-0.4, -0.2) is 46.9 Å². The zero-order chi connectivity index (χ0) is 17.6. The maximum absolute atomic E-state index is 12.2. The number of hydrogen-bond acceptors (Lipinski definition) is 5. The summed E-state index contributed by atoms with van der Waals surface area (Å²) in [6.07, 6.45) is 3.88. The average Bonchev–Trinajstić information content (AvgIpc) is 3.05. The molecule has 1 aliphatic carbocycles. The lowest BCUT2D eigenvalue weighted by Gasteiger charge is -2.13. The number of carbonyl (C=O) groups is 1. The third-order valence-electron chi connectivity index (χ3n) is 4.01. The van der Waals surface area contributed by atoms with Crippen LogP contribution in [0.2, 0.25) is 0 Å². The molecule has 0 heterocycles. The van der Waals surface area contributed by atoms with Gasteiger partial charge in [0.05, 0.1) is 25.5 Å². The predicted octanol–water partition coefficient (Wildman–Crippen LogP) is 1.30. The minimum absolute atomic E-state index is 0.0346. The van der Waals surface area contributed by atoms with Gasteiger partial charge in [-0.05, 0) is 25.0 Å². The van der Waals surface area contributed by atoms with E-state index >= 15 is 0 Å². The molecule has 0 radical (unpaired) electrons. The number of carbonyl (C=O) groups excluding carboxylic acids is 1. The first-order chi connectivity index (χ1) is 11.4. The lowest BCUT2D eigenvalue weighted by atomic mass is 10.2. The van der Waals surface area contributed by atoms with Gasteiger partial charge in [0, 0.05) is 18.7 Å². The quantitative estimate of drug-likeness (QED) is 0.732. The van der Waals surface area contributed by atoms with E-state index in [0.29, 0.717) is 17.1 Å². The molecule has 0 atom stereocenters. The molecular formula is C16H24N2O5S. The highest BCUT2D eigenvalue weighted by molar-refractivity contribution is 7.89. The van der Waals surface area contributed by atoms with E-state index in [1.54, 1.807) is 18.2 Å². The lowest BCUT2D eigenvalue weighted by molar-refractivity contribution is 0.0953. The van der Waals surface area contributed by atoms with Crippen molar-refractivity contribution in [2.75, 3.05) is 26.5 Å². The standard InChI is InChI=1S/C16H24N2O5S/c1-22-13-7-8-14(15(11-13)23-2)16(19)17-9-10-24(20,21)18-12-5-3-4-6-12/h7-8,11-12,18H,3-6,9-10H2,1-2H3,(H,17,19). The highest BCUT2D eigenvalue weighted by atomic mass is 32.2. The predicted molar refractivity (Wildman–Crippen MR) is 91.1 cm³/mol. The van der Waals surface area contributed by atoms with Gasteiger partial charge in [0.25, 0.3) is 5.91 Å². The van der Waals surface area contributed by atoms with Gasteiger partial charge in [-0.25, -0.2) is 13.1 Å². The highest BCUT2D eigenvalue weighted by Gasteiger charge is 2.21. The van der Waals surface area contributed by atoms with Crippen LogP contribution in [0.5, 0.6) is 11.5 Å². The van der Waals surface area contributed by atoms with E-state index in [9.17, 15) is 13.2 Å². The molecule has 2 N–H and O–H groups in total. The van der Waals surface area contributed by atoms with Gasteiger partial charge < -0.3 is 14.8 Å². The summed E-state index contributed by atoms with van der Waals surface area (Å²) >= 11 is 0. The van der Waals surface area contributed by atoms with Crippen LogP contribution in [0.4, 0.5) is 0 Å². The molecule has 0 bridgehead atoms. The molecule has 134 valence electrons. The van der Waals surface area contributed by atoms with Crippen molar-refractivity contribution in [2.24, 2.45) is 0 Å². The Kier molecular flexibility index (Phi) is 6.44. The first-order valence-corrected chi connectivity index (χ1v) is 9.60. The monoisotopic (exact) mass is 356 g/mol. The van der Waals surface area contributed by atoms with E-state index in [2.05, 4.69) is 10.0 Å². The minimum Gasteiger partial charge on any atom is -0.497 e. The molecule has 1 aromatic carbocycles. The Bertz CT molecular complexity index is 669. The van der Waals surface area contributed by atoms with E-state index in [4.69, 9.17) is 9.47 Å². The Hall–Kier alpha value is -1.80. The first-order valence-electron chi connectivity index (χ1n) is 7.95. The van der Waals surface area contributed by atoms with Gasteiger partial charge in [-0.3, -0.25) is 4.79 Å². The molecule has 0 aromatic heterocycles. The van der Waals surface area contributed by atoms with E-state index in [-0.39, 0.29) is 24.2 Å². The summed E-state index contributed by atoms with van der Waals surface area (Å²) in [5, 5.41) is 2.61. The molecule has 1 aromatic rings. The summed E-state index contributed by atoms with van der Waals surface area (Å²) in [5.74, 6) is 0.421. The summed E-state index contributed by atoms with van der Waals surface area (Å²) in [7, 11) is -0.401. The molecule has 24 heavy (non-hydrogen) atoms. The van der Waals surface area contributed by atoms with Crippen molar-refractivity contribution in [3.05, 3.63) is 23.8 Å². The number of nitrogens with one attached hydrogen (secondary N) is 2. The molecular weight excluding hydrogens is 332 g/mol. The van der Waals surface area contributed by atoms with Crippen molar-refractivity contribution in [2.45, 2.75) is 31.7 Å². The maximum atomic E-state index is 12.2. The molecule has 0 aliphatic heterocycles. The summed E-state index contributed by atoms with van der Waals surface area (Å²) in [5.41, 5.74) is 0.333. The smallest absolute Gasteiger partial charge is 0.255 e. The Morgan fingerprint density at radius 2 is 1.92 bits per heavy atom. The van der Waals surface area contributed by atoms with Crippen LogP contribution < -0.4 is 19.5 Å². The maximum Gasteiger partial charge on any atom is 0.255 e. The van der Waals surface area contributed by atoms with Gasteiger partial charge in [-0.1, -0.05) is 12.8 Å². The van der Waals surface area contributed by atoms with Gasteiger partial charge in [0.15, 0.2) is 0 Å². The largest absolute Gasteiger partial charge is 0.497 e. The summed E-state index contributed by atoms with van der Waals surface area (Å²) in [6.45, 7) is 0.0378. The summed E-state index contributed by atoms with van der Waals surface area (Å²) in [4.78, 5) is 12.2. The molecule has 7 nitrogen and oxygen atoms in total. The van der Waals surface area contributed by atoms with E-state index in [0.717, 1.165) is 25.7 Å². The van der Waals surface area contributed by atoms with Crippen LogP contribution in [0.15, 0.2) is 18.2 Å². The van der Waals surface area contributed by atoms with Crippen LogP contribution in [0.1, 0.15) is 36.0 Å².